The molecular formula is C13H17FN2. The van der Waals surface area contributed by atoms with Crippen LogP contribution in [0.25, 0.3) is 0 Å². The maximum atomic E-state index is 13.9. The van der Waals surface area contributed by atoms with Gasteiger partial charge in [0.1, 0.15) is 5.82 Å². The van der Waals surface area contributed by atoms with Crippen LogP contribution in [0.1, 0.15) is 24.9 Å². The van der Waals surface area contributed by atoms with Crippen LogP contribution in [0.5, 0.6) is 0 Å². The fourth-order valence-corrected chi connectivity index (χ4v) is 1.92. The Hall–Kier alpha value is -1.35. The van der Waals surface area contributed by atoms with Gasteiger partial charge in [0.05, 0.1) is 5.69 Å². The maximum Gasteiger partial charge on any atom is 0.146 e. The Balaban J connectivity index is 2.25. The Kier molecular flexibility index (Phi) is 3.25. The highest BCUT2D eigenvalue weighted by molar-refractivity contribution is 5.50. The van der Waals surface area contributed by atoms with Crippen molar-refractivity contribution in [1.29, 1.82) is 0 Å². The van der Waals surface area contributed by atoms with Crippen molar-refractivity contribution in [3.63, 3.8) is 0 Å². The van der Waals surface area contributed by atoms with E-state index in [1.807, 2.05) is 24.0 Å². The minimum absolute atomic E-state index is 0.121. The fourth-order valence-electron chi connectivity index (χ4n) is 1.92. The van der Waals surface area contributed by atoms with Gasteiger partial charge in [-0.2, -0.15) is 0 Å². The lowest BCUT2D eigenvalue weighted by molar-refractivity contribution is 0.613. The van der Waals surface area contributed by atoms with E-state index in [4.69, 9.17) is 5.73 Å². The summed E-state index contributed by atoms with van der Waals surface area (Å²) in [6.07, 6.45) is 5.18. The number of rotatable bonds is 2. The van der Waals surface area contributed by atoms with Crippen molar-refractivity contribution >= 4 is 5.69 Å². The average Bonchev–Trinajstić information content (AvgIpc) is 2.30. The molecule has 1 aromatic carbocycles. The van der Waals surface area contributed by atoms with Gasteiger partial charge in [-0.3, -0.25) is 0 Å². The van der Waals surface area contributed by atoms with Crippen molar-refractivity contribution in [3.05, 3.63) is 41.7 Å². The zero-order chi connectivity index (χ0) is 11.5. The van der Waals surface area contributed by atoms with Crippen LogP contribution in [-0.2, 0) is 0 Å². The molecule has 0 aromatic heterocycles. The molecule has 0 spiro atoms. The number of anilines is 1. The highest BCUT2D eigenvalue weighted by atomic mass is 19.1. The molecule has 2 N–H and O–H groups in total. The van der Waals surface area contributed by atoms with Crippen LogP contribution >= 0.6 is 0 Å². The summed E-state index contributed by atoms with van der Waals surface area (Å²) in [5, 5.41) is 0. The second kappa shape index (κ2) is 4.66. The highest BCUT2D eigenvalue weighted by Crippen LogP contribution is 2.24. The minimum atomic E-state index is -0.176. The standard InChI is InChI=1S/C13H17FN2/c1-10(15)11-5-6-13(12(14)9-11)16-7-3-2-4-8-16/h2-3,5-6,9-10H,4,7-8,15H2,1H3/t10-/m1/s1. The van der Waals surface area contributed by atoms with E-state index in [0.717, 1.165) is 25.1 Å². The summed E-state index contributed by atoms with van der Waals surface area (Å²) in [6.45, 7) is 3.53. The molecule has 0 radical (unpaired) electrons. The molecule has 1 aliphatic rings. The van der Waals surface area contributed by atoms with E-state index in [1.54, 1.807) is 6.07 Å². The number of hydrogen-bond donors (Lipinski definition) is 1. The fraction of sp³-hybridized carbons (Fsp3) is 0.385. The predicted molar refractivity (Wildman–Crippen MR) is 65.0 cm³/mol. The van der Waals surface area contributed by atoms with Crippen molar-refractivity contribution < 1.29 is 4.39 Å². The molecule has 0 aliphatic carbocycles. The lowest BCUT2D eigenvalue weighted by atomic mass is 10.1. The summed E-state index contributed by atoms with van der Waals surface area (Å²) in [4.78, 5) is 2.04. The maximum absolute atomic E-state index is 13.9. The first-order chi connectivity index (χ1) is 7.68. The van der Waals surface area contributed by atoms with Crippen LogP contribution in [0.4, 0.5) is 10.1 Å². The molecule has 3 heteroatoms. The zero-order valence-corrected chi connectivity index (χ0v) is 9.49. The van der Waals surface area contributed by atoms with Gasteiger partial charge in [0.15, 0.2) is 0 Å². The normalized spacial score (nSPS) is 17.6. The molecule has 1 aromatic rings. The van der Waals surface area contributed by atoms with Gasteiger partial charge < -0.3 is 10.6 Å². The number of halogens is 1. The summed E-state index contributed by atoms with van der Waals surface area (Å²) in [5.41, 5.74) is 7.24. The first-order valence-corrected chi connectivity index (χ1v) is 5.63. The van der Waals surface area contributed by atoms with E-state index in [9.17, 15) is 4.39 Å². The van der Waals surface area contributed by atoms with Gasteiger partial charge >= 0.3 is 0 Å². The van der Waals surface area contributed by atoms with E-state index < -0.39 is 0 Å². The second-order valence-electron chi connectivity index (χ2n) is 4.21. The molecule has 0 amide bonds. The summed E-state index contributed by atoms with van der Waals surface area (Å²) >= 11 is 0. The Morgan fingerprint density at radius 2 is 2.19 bits per heavy atom. The van der Waals surface area contributed by atoms with Crippen LogP contribution in [-0.4, -0.2) is 13.1 Å². The number of nitrogens with zero attached hydrogens (tertiary/aromatic N) is 1. The van der Waals surface area contributed by atoms with Crippen molar-refractivity contribution in [2.45, 2.75) is 19.4 Å². The summed E-state index contributed by atoms with van der Waals surface area (Å²) in [7, 11) is 0. The van der Waals surface area contributed by atoms with Crippen LogP contribution in [0.15, 0.2) is 30.4 Å². The molecule has 16 heavy (non-hydrogen) atoms. The molecule has 86 valence electrons. The van der Waals surface area contributed by atoms with Crippen LogP contribution in [0.2, 0.25) is 0 Å². The number of hydrogen-bond acceptors (Lipinski definition) is 2. The summed E-state index contributed by atoms with van der Waals surface area (Å²) in [5.74, 6) is -0.176. The van der Waals surface area contributed by atoms with Crippen LogP contribution in [0.3, 0.4) is 0 Å². The number of nitrogens with two attached hydrogens (primary N) is 1. The third-order valence-corrected chi connectivity index (χ3v) is 2.90. The van der Waals surface area contributed by atoms with Crippen molar-refractivity contribution in [3.8, 4) is 0 Å². The van der Waals surface area contributed by atoms with E-state index >= 15 is 0 Å². The quantitative estimate of drug-likeness (QED) is 0.776. The van der Waals surface area contributed by atoms with Gasteiger partial charge in [-0.05, 0) is 31.0 Å². The minimum Gasteiger partial charge on any atom is -0.365 e. The molecule has 2 nitrogen and oxygen atoms in total. The van der Waals surface area contributed by atoms with Crippen LogP contribution < -0.4 is 10.6 Å². The van der Waals surface area contributed by atoms with E-state index in [-0.39, 0.29) is 11.9 Å². The summed E-state index contributed by atoms with van der Waals surface area (Å²) < 4.78 is 13.9. The first kappa shape index (κ1) is 11.1. The first-order valence-electron chi connectivity index (χ1n) is 5.63. The monoisotopic (exact) mass is 220 g/mol. The molecule has 0 unspecified atom stereocenters. The Morgan fingerprint density at radius 3 is 2.75 bits per heavy atom. The molecule has 0 saturated heterocycles. The largest absolute Gasteiger partial charge is 0.365 e. The van der Waals surface area contributed by atoms with Gasteiger partial charge in [-0.1, -0.05) is 18.2 Å². The third kappa shape index (κ3) is 2.25. The molecule has 0 bridgehead atoms. The molecule has 0 saturated carbocycles. The van der Waals surface area contributed by atoms with E-state index in [0.29, 0.717) is 5.69 Å². The molecule has 1 heterocycles. The lowest BCUT2D eigenvalue weighted by Crippen LogP contribution is -2.27. The van der Waals surface area contributed by atoms with Crippen molar-refractivity contribution in [1.82, 2.24) is 0 Å². The Morgan fingerprint density at radius 1 is 1.38 bits per heavy atom. The Labute approximate surface area is 95.6 Å². The van der Waals surface area contributed by atoms with Gasteiger partial charge in [0.2, 0.25) is 0 Å². The third-order valence-electron chi connectivity index (χ3n) is 2.90. The van der Waals surface area contributed by atoms with Crippen LogP contribution in [0, 0.1) is 5.82 Å². The van der Waals surface area contributed by atoms with E-state index in [2.05, 4.69) is 12.2 Å². The average molecular weight is 220 g/mol. The molecule has 2 rings (SSSR count). The lowest BCUT2D eigenvalue weighted by Gasteiger charge is -2.26. The van der Waals surface area contributed by atoms with E-state index in [1.165, 1.54) is 0 Å². The topological polar surface area (TPSA) is 29.3 Å². The highest BCUT2D eigenvalue weighted by Gasteiger charge is 2.13. The number of benzene rings is 1. The Bertz CT molecular complexity index is 399. The van der Waals surface area contributed by atoms with Gasteiger partial charge in [-0.25, -0.2) is 4.39 Å². The van der Waals surface area contributed by atoms with Crippen molar-refractivity contribution in [2.24, 2.45) is 5.73 Å². The van der Waals surface area contributed by atoms with Crippen molar-refractivity contribution in [2.75, 3.05) is 18.0 Å². The summed E-state index contributed by atoms with van der Waals surface area (Å²) in [6, 6.07) is 5.15. The SMILES string of the molecule is C[C@@H](N)c1ccc(N2CC=CCC2)c(F)c1. The van der Waals surface area contributed by atoms with Gasteiger partial charge in [-0.15, -0.1) is 0 Å². The smallest absolute Gasteiger partial charge is 0.146 e. The molecular weight excluding hydrogens is 203 g/mol. The van der Waals surface area contributed by atoms with Gasteiger partial charge in [0, 0.05) is 19.1 Å². The zero-order valence-electron chi connectivity index (χ0n) is 9.49. The molecule has 0 fully saturated rings. The van der Waals surface area contributed by atoms with Gasteiger partial charge in [0.25, 0.3) is 0 Å². The molecule has 1 atom stereocenters. The predicted octanol–water partition coefficient (Wildman–Crippen LogP) is 2.61. The molecule has 1 aliphatic heterocycles. The second-order valence-corrected chi connectivity index (χ2v) is 4.21.